The molecule has 1 heterocycles. The average Bonchev–Trinajstić information content (AvgIpc) is 2.87. The van der Waals surface area contributed by atoms with Crippen molar-refractivity contribution < 1.29 is 0 Å². The Morgan fingerprint density at radius 1 is 1.21 bits per heavy atom. The van der Waals surface area contributed by atoms with Crippen LogP contribution in [-0.2, 0) is 0 Å². The molecule has 0 aliphatic heterocycles. The van der Waals surface area contributed by atoms with E-state index in [1.807, 2.05) is 6.92 Å². The summed E-state index contributed by atoms with van der Waals surface area (Å²) in [5.74, 6) is 1.62. The molecule has 2 aromatic rings. The molecule has 0 spiro atoms. The highest BCUT2D eigenvalue weighted by atomic mass is 15.2. The number of nitrogens with zero attached hydrogens (tertiary/aromatic N) is 2. The van der Waals surface area contributed by atoms with E-state index in [4.69, 9.17) is 0 Å². The van der Waals surface area contributed by atoms with Crippen molar-refractivity contribution >= 4 is 5.69 Å². The minimum absolute atomic E-state index is 0.623. The number of H-pyrrole nitrogens is 1. The molecule has 3 rings (SSSR count). The molecule has 0 atom stereocenters. The molecule has 4 heteroatoms. The maximum atomic E-state index is 4.37. The Hall–Kier alpha value is -1.84. The second-order valence-electron chi connectivity index (χ2n) is 5.30. The number of aryl methyl sites for hydroxylation is 1. The monoisotopic (exact) mass is 256 g/mol. The number of benzene rings is 1. The van der Waals surface area contributed by atoms with Crippen molar-refractivity contribution in [3.63, 3.8) is 0 Å². The molecule has 1 aliphatic carbocycles. The molecule has 1 aliphatic rings. The van der Waals surface area contributed by atoms with Crippen molar-refractivity contribution in [2.75, 3.05) is 5.32 Å². The van der Waals surface area contributed by atoms with Gasteiger partial charge in [0.05, 0.1) is 0 Å². The van der Waals surface area contributed by atoms with E-state index >= 15 is 0 Å². The van der Waals surface area contributed by atoms with E-state index < -0.39 is 0 Å². The summed E-state index contributed by atoms with van der Waals surface area (Å²) in [5.41, 5.74) is 2.23. The Labute approximate surface area is 113 Å². The fourth-order valence-electron chi connectivity index (χ4n) is 2.70. The van der Waals surface area contributed by atoms with Crippen molar-refractivity contribution in [3.8, 4) is 11.4 Å². The van der Waals surface area contributed by atoms with Crippen LogP contribution in [0.1, 0.15) is 37.9 Å². The summed E-state index contributed by atoms with van der Waals surface area (Å²) in [5, 5.41) is 10.7. The largest absolute Gasteiger partial charge is 0.382 e. The van der Waals surface area contributed by atoms with Crippen LogP contribution in [0.15, 0.2) is 24.3 Å². The number of aromatic amines is 1. The summed E-state index contributed by atoms with van der Waals surface area (Å²) in [6, 6.07) is 8.99. The molecule has 4 nitrogen and oxygen atoms in total. The van der Waals surface area contributed by atoms with Crippen LogP contribution in [0.2, 0.25) is 0 Å². The van der Waals surface area contributed by atoms with Crippen LogP contribution in [0, 0.1) is 6.92 Å². The second kappa shape index (κ2) is 5.43. The minimum atomic E-state index is 0.623. The van der Waals surface area contributed by atoms with Crippen molar-refractivity contribution in [2.24, 2.45) is 0 Å². The highest BCUT2D eigenvalue weighted by Crippen LogP contribution is 2.24. The van der Waals surface area contributed by atoms with Crippen LogP contribution in [0.25, 0.3) is 11.4 Å². The zero-order chi connectivity index (χ0) is 13.1. The molecule has 0 unspecified atom stereocenters. The number of hydrogen-bond acceptors (Lipinski definition) is 3. The van der Waals surface area contributed by atoms with Gasteiger partial charge in [0.2, 0.25) is 0 Å². The number of anilines is 1. The lowest BCUT2D eigenvalue weighted by Gasteiger charge is -2.24. The summed E-state index contributed by atoms with van der Waals surface area (Å²) in [4.78, 5) is 4.37. The Morgan fingerprint density at radius 2 is 2.05 bits per heavy atom. The Morgan fingerprint density at radius 3 is 2.79 bits per heavy atom. The molecular weight excluding hydrogens is 236 g/mol. The third kappa shape index (κ3) is 2.95. The number of aromatic nitrogens is 3. The van der Waals surface area contributed by atoms with Gasteiger partial charge >= 0.3 is 0 Å². The van der Waals surface area contributed by atoms with Crippen LogP contribution in [0.5, 0.6) is 0 Å². The van der Waals surface area contributed by atoms with Gasteiger partial charge in [-0.1, -0.05) is 31.4 Å². The van der Waals surface area contributed by atoms with Crippen LogP contribution in [0.4, 0.5) is 5.69 Å². The third-order valence-electron chi connectivity index (χ3n) is 3.69. The van der Waals surface area contributed by atoms with E-state index in [1.54, 1.807) is 0 Å². The van der Waals surface area contributed by atoms with Gasteiger partial charge < -0.3 is 5.32 Å². The lowest BCUT2D eigenvalue weighted by molar-refractivity contribution is 0.463. The molecule has 19 heavy (non-hydrogen) atoms. The van der Waals surface area contributed by atoms with Gasteiger partial charge in [0.15, 0.2) is 5.82 Å². The summed E-state index contributed by atoms with van der Waals surface area (Å²) in [6.07, 6.45) is 6.64. The first-order valence-electron chi connectivity index (χ1n) is 7.07. The fraction of sp³-hybridized carbons (Fsp3) is 0.467. The highest BCUT2D eigenvalue weighted by Gasteiger charge is 2.13. The average molecular weight is 256 g/mol. The van der Waals surface area contributed by atoms with Crippen molar-refractivity contribution in [3.05, 3.63) is 30.1 Å². The first-order valence-corrected chi connectivity index (χ1v) is 7.07. The first kappa shape index (κ1) is 12.2. The third-order valence-corrected chi connectivity index (χ3v) is 3.69. The van der Waals surface area contributed by atoms with E-state index in [0.29, 0.717) is 6.04 Å². The molecule has 0 saturated heterocycles. The van der Waals surface area contributed by atoms with Crippen LogP contribution >= 0.6 is 0 Å². The van der Waals surface area contributed by atoms with E-state index in [0.717, 1.165) is 17.2 Å². The van der Waals surface area contributed by atoms with Gasteiger partial charge in [-0.3, -0.25) is 5.10 Å². The first-order chi connectivity index (χ1) is 9.31. The Bertz CT molecular complexity index is 541. The van der Waals surface area contributed by atoms with Gasteiger partial charge in [0.25, 0.3) is 0 Å². The SMILES string of the molecule is Cc1nc(-c2cccc(NC3CCCCC3)c2)n[nH]1. The van der Waals surface area contributed by atoms with Crippen molar-refractivity contribution in [2.45, 2.75) is 45.1 Å². The molecule has 1 aromatic carbocycles. The fourth-order valence-corrected chi connectivity index (χ4v) is 2.70. The standard InChI is InChI=1S/C15H20N4/c1-11-16-15(19-18-11)12-6-5-9-14(10-12)17-13-7-3-2-4-8-13/h5-6,9-10,13,17H,2-4,7-8H2,1H3,(H,16,18,19). The van der Waals surface area contributed by atoms with Crippen molar-refractivity contribution in [1.82, 2.24) is 15.2 Å². The van der Waals surface area contributed by atoms with Crippen LogP contribution in [0.3, 0.4) is 0 Å². The molecule has 1 saturated carbocycles. The van der Waals surface area contributed by atoms with Crippen molar-refractivity contribution in [1.29, 1.82) is 0 Å². The van der Waals surface area contributed by atoms with Crippen LogP contribution in [-0.4, -0.2) is 21.2 Å². The number of rotatable bonds is 3. The summed E-state index contributed by atoms with van der Waals surface area (Å²) < 4.78 is 0. The van der Waals surface area contributed by atoms with E-state index in [9.17, 15) is 0 Å². The quantitative estimate of drug-likeness (QED) is 0.883. The predicted molar refractivity (Wildman–Crippen MR) is 77.1 cm³/mol. The molecule has 100 valence electrons. The van der Waals surface area contributed by atoms with Gasteiger partial charge in [-0.2, -0.15) is 5.10 Å². The smallest absolute Gasteiger partial charge is 0.181 e. The number of hydrogen-bond donors (Lipinski definition) is 2. The normalized spacial score (nSPS) is 16.5. The molecule has 0 amide bonds. The maximum Gasteiger partial charge on any atom is 0.181 e. The van der Waals surface area contributed by atoms with Gasteiger partial charge in [-0.05, 0) is 31.9 Å². The van der Waals surface area contributed by atoms with Gasteiger partial charge in [0, 0.05) is 17.3 Å². The zero-order valence-electron chi connectivity index (χ0n) is 11.3. The topological polar surface area (TPSA) is 53.6 Å². The molecule has 0 radical (unpaired) electrons. The van der Waals surface area contributed by atoms with Gasteiger partial charge in [-0.15, -0.1) is 0 Å². The Balaban J connectivity index is 1.75. The summed E-state index contributed by atoms with van der Waals surface area (Å²) >= 11 is 0. The lowest BCUT2D eigenvalue weighted by atomic mass is 9.95. The van der Waals surface area contributed by atoms with E-state index in [-0.39, 0.29) is 0 Å². The molecule has 1 fully saturated rings. The minimum Gasteiger partial charge on any atom is -0.382 e. The molecular formula is C15H20N4. The Kier molecular flexibility index (Phi) is 3.49. The zero-order valence-corrected chi connectivity index (χ0v) is 11.3. The summed E-state index contributed by atoms with van der Waals surface area (Å²) in [6.45, 7) is 1.92. The van der Waals surface area contributed by atoms with E-state index in [1.165, 1.54) is 37.8 Å². The van der Waals surface area contributed by atoms with Gasteiger partial charge in [-0.25, -0.2) is 4.98 Å². The second-order valence-corrected chi connectivity index (χ2v) is 5.30. The molecule has 1 aromatic heterocycles. The van der Waals surface area contributed by atoms with E-state index in [2.05, 4.69) is 44.8 Å². The number of nitrogens with one attached hydrogen (secondary N) is 2. The predicted octanol–water partition coefficient (Wildman–Crippen LogP) is 3.52. The summed E-state index contributed by atoms with van der Waals surface area (Å²) in [7, 11) is 0. The molecule has 0 bridgehead atoms. The van der Waals surface area contributed by atoms with Crippen LogP contribution < -0.4 is 5.32 Å². The molecule has 2 N–H and O–H groups in total. The van der Waals surface area contributed by atoms with Gasteiger partial charge in [0.1, 0.15) is 5.82 Å². The lowest BCUT2D eigenvalue weighted by Crippen LogP contribution is -2.22. The highest BCUT2D eigenvalue weighted by molar-refractivity contribution is 5.62. The maximum absolute atomic E-state index is 4.37.